The molecule has 5 heteroatoms. The molecular weight excluding hydrogens is 300 g/mol. The van der Waals surface area contributed by atoms with Crippen molar-refractivity contribution in [1.29, 1.82) is 0 Å². The number of benzene rings is 1. The van der Waals surface area contributed by atoms with E-state index in [2.05, 4.69) is 0 Å². The van der Waals surface area contributed by atoms with Crippen LogP contribution in [0.1, 0.15) is 31.2 Å². The monoisotopic (exact) mass is 316 g/mol. The van der Waals surface area contributed by atoms with E-state index >= 15 is 0 Å². The number of carboxylic acids is 1. The molecule has 0 aliphatic heterocycles. The topological polar surface area (TPSA) is 37.3 Å². The lowest BCUT2D eigenvalue weighted by atomic mass is 9.79. The second kappa shape index (κ2) is 5.98. The Morgan fingerprint density at radius 1 is 1.26 bits per heavy atom. The molecule has 1 fully saturated rings. The lowest BCUT2D eigenvalue weighted by molar-refractivity contribution is -0.143. The smallest absolute Gasteiger partial charge is 0.314 e. The standard InChI is InChI=1S/C14H17ClO2S2/c1-18-11-8-9(7-10(15)12(11)19-2)14(13(16)17)5-3-4-6-14/h7-8H,3-6H2,1-2H3,(H,16,17). The zero-order valence-corrected chi connectivity index (χ0v) is 13.4. The van der Waals surface area contributed by atoms with Crippen molar-refractivity contribution in [2.75, 3.05) is 12.5 Å². The van der Waals surface area contributed by atoms with E-state index in [0.717, 1.165) is 28.2 Å². The summed E-state index contributed by atoms with van der Waals surface area (Å²) in [7, 11) is 0. The van der Waals surface area contributed by atoms with Crippen LogP contribution in [0.15, 0.2) is 21.9 Å². The molecule has 0 unspecified atom stereocenters. The van der Waals surface area contributed by atoms with E-state index in [1.807, 2.05) is 24.6 Å². The zero-order chi connectivity index (χ0) is 14.0. The minimum absolute atomic E-state index is 0.668. The zero-order valence-electron chi connectivity index (χ0n) is 11.0. The third kappa shape index (κ3) is 2.63. The Labute approximate surface area is 127 Å². The molecule has 0 saturated heterocycles. The van der Waals surface area contributed by atoms with E-state index < -0.39 is 11.4 Å². The number of aliphatic carboxylic acids is 1. The van der Waals surface area contributed by atoms with Gasteiger partial charge in [0.15, 0.2) is 0 Å². The van der Waals surface area contributed by atoms with Gasteiger partial charge in [0.2, 0.25) is 0 Å². The number of hydrogen-bond acceptors (Lipinski definition) is 3. The van der Waals surface area contributed by atoms with Crippen molar-refractivity contribution in [2.45, 2.75) is 40.9 Å². The molecule has 1 saturated carbocycles. The van der Waals surface area contributed by atoms with Crippen LogP contribution in [0.4, 0.5) is 0 Å². The number of hydrogen-bond donors (Lipinski definition) is 1. The number of carbonyl (C=O) groups is 1. The van der Waals surface area contributed by atoms with E-state index in [-0.39, 0.29) is 0 Å². The fourth-order valence-electron chi connectivity index (χ4n) is 2.80. The van der Waals surface area contributed by atoms with Crippen molar-refractivity contribution in [3.05, 3.63) is 22.7 Å². The Bertz CT molecular complexity index is 496. The molecular formula is C14H17ClO2S2. The number of carboxylic acid groups (broad SMARTS) is 1. The highest BCUT2D eigenvalue weighted by atomic mass is 35.5. The molecule has 2 rings (SSSR count). The molecule has 1 aliphatic rings. The van der Waals surface area contributed by atoms with Gasteiger partial charge in [-0.15, -0.1) is 23.5 Å². The van der Waals surface area contributed by atoms with Gasteiger partial charge < -0.3 is 5.11 Å². The Morgan fingerprint density at radius 2 is 1.89 bits per heavy atom. The highest BCUT2D eigenvalue weighted by Gasteiger charge is 2.43. The highest BCUT2D eigenvalue weighted by Crippen LogP contribution is 2.45. The lowest BCUT2D eigenvalue weighted by Crippen LogP contribution is -2.32. The van der Waals surface area contributed by atoms with Crippen LogP contribution in [-0.4, -0.2) is 23.6 Å². The summed E-state index contributed by atoms with van der Waals surface area (Å²) in [6.07, 6.45) is 7.36. The normalized spacial score (nSPS) is 17.6. The number of rotatable bonds is 4. The van der Waals surface area contributed by atoms with Crippen LogP contribution in [-0.2, 0) is 10.2 Å². The van der Waals surface area contributed by atoms with Gasteiger partial charge >= 0.3 is 5.97 Å². The Balaban J connectivity index is 2.56. The van der Waals surface area contributed by atoms with Crippen LogP contribution in [0, 0.1) is 0 Å². The molecule has 0 heterocycles. The summed E-state index contributed by atoms with van der Waals surface area (Å²) in [5, 5.41) is 10.3. The molecule has 0 spiro atoms. The fraction of sp³-hybridized carbons (Fsp3) is 0.500. The average Bonchev–Trinajstić information content (AvgIpc) is 2.88. The second-order valence-electron chi connectivity index (χ2n) is 4.79. The molecule has 0 bridgehead atoms. The van der Waals surface area contributed by atoms with Crippen molar-refractivity contribution >= 4 is 41.1 Å². The molecule has 1 aromatic carbocycles. The van der Waals surface area contributed by atoms with Crippen molar-refractivity contribution in [3.8, 4) is 0 Å². The molecule has 0 amide bonds. The van der Waals surface area contributed by atoms with E-state index in [1.54, 1.807) is 23.5 Å². The van der Waals surface area contributed by atoms with Crippen molar-refractivity contribution in [3.63, 3.8) is 0 Å². The van der Waals surface area contributed by atoms with Gasteiger partial charge in [0.1, 0.15) is 0 Å². The SMILES string of the molecule is CSc1cc(C2(C(=O)O)CCCC2)cc(Cl)c1SC. The summed E-state index contributed by atoms with van der Waals surface area (Å²) in [5.41, 5.74) is 0.134. The molecule has 2 nitrogen and oxygen atoms in total. The van der Waals surface area contributed by atoms with Crippen LogP contribution in [0.25, 0.3) is 0 Å². The van der Waals surface area contributed by atoms with Crippen LogP contribution in [0.2, 0.25) is 5.02 Å². The maximum absolute atomic E-state index is 11.7. The second-order valence-corrected chi connectivity index (χ2v) is 6.86. The van der Waals surface area contributed by atoms with E-state index in [1.165, 1.54) is 0 Å². The van der Waals surface area contributed by atoms with Crippen LogP contribution < -0.4 is 0 Å². The molecule has 0 aromatic heterocycles. The molecule has 1 aliphatic carbocycles. The summed E-state index contributed by atoms with van der Waals surface area (Å²) in [5.74, 6) is -0.718. The van der Waals surface area contributed by atoms with Crippen LogP contribution in [0.5, 0.6) is 0 Å². The Morgan fingerprint density at radius 3 is 2.37 bits per heavy atom. The lowest BCUT2D eigenvalue weighted by Gasteiger charge is -2.26. The Kier molecular flexibility index (Phi) is 4.75. The van der Waals surface area contributed by atoms with Gasteiger partial charge in [-0.25, -0.2) is 0 Å². The third-order valence-corrected chi connectivity index (χ3v) is 6.00. The summed E-state index contributed by atoms with van der Waals surface area (Å²) >= 11 is 9.56. The first-order valence-electron chi connectivity index (χ1n) is 6.20. The molecule has 19 heavy (non-hydrogen) atoms. The minimum atomic E-state index is -0.731. The summed E-state index contributed by atoms with van der Waals surface area (Å²) in [6, 6.07) is 3.87. The fourth-order valence-corrected chi connectivity index (χ4v) is 4.86. The molecule has 0 atom stereocenters. The van der Waals surface area contributed by atoms with E-state index in [0.29, 0.717) is 17.9 Å². The van der Waals surface area contributed by atoms with Crippen LogP contribution in [0.3, 0.4) is 0 Å². The van der Waals surface area contributed by atoms with Gasteiger partial charge in [0, 0.05) is 9.79 Å². The van der Waals surface area contributed by atoms with Gasteiger partial charge in [0.05, 0.1) is 10.4 Å². The highest BCUT2D eigenvalue weighted by molar-refractivity contribution is 8.01. The third-order valence-electron chi connectivity index (χ3n) is 3.85. The van der Waals surface area contributed by atoms with Gasteiger partial charge in [-0.05, 0) is 43.0 Å². The first-order valence-corrected chi connectivity index (χ1v) is 9.03. The van der Waals surface area contributed by atoms with E-state index in [4.69, 9.17) is 11.6 Å². The Hall–Kier alpha value is -0.320. The summed E-state index contributed by atoms with van der Waals surface area (Å²) in [6.45, 7) is 0. The van der Waals surface area contributed by atoms with Gasteiger partial charge in [-0.2, -0.15) is 0 Å². The first kappa shape index (κ1) is 15.1. The van der Waals surface area contributed by atoms with E-state index in [9.17, 15) is 9.90 Å². The molecule has 0 radical (unpaired) electrons. The average molecular weight is 317 g/mol. The molecule has 1 N–H and O–H groups in total. The van der Waals surface area contributed by atoms with Crippen molar-refractivity contribution < 1.29 is 9.90 Å². The maximum Gasteiger partial charge on any atom is 0.314 e. The number of halogens is 1. The quantitative estimate of drug-likeness (QED) is 0.818. The van der Waals surface area contributed by atoms with Gasteiger partial charge in [-0.1, -0.05) is 24.4 Å². The minimum Gasteiger partial charge on any atom is -0.481 e. The summed E-state index contributed by atoms with van der Waals surface area (Å²) < 4.78 is 0. The van der Waals surface area contributed by atoms with Gasteiger partial charge in [0.25, 0.3) is 0 Å². The van der Waals surface area contributed by atoms with Crippen LogP contribution >= 0.6 is 35.1 Å². The largest absolute Gasteiger partial charge is 0.481 e. The summed E-state index contributed by atoms with van der Waals surface area (Å²) in [4.78, 5) is 13.8. The predicted octanol–water partition coefficient (Wildman–Crippen LogP) is 4.68. The predicted molar refractivity (Wildman–Crippen MR) is 82.8 cm³/mol. The van der Waals surface area contributed by atoms with Crippen molar-refractivity contribution in [1.82, 2.24) is 0 Å². The van der Waals surface area contributed by atoms with Crippen molar-refractivity contribution in [2.24, 2.45) is 0 Å². The van der Waals surface area contributed by atoms with Gasteiger partial charge in [-0.3, -0.25) is 4.79 Å². The first-order chi connectivity index (χ1) is 9.05. The molecule has 1 aromatic rings. The maximum atomic E-state index is 11.7. The molecule has 104 valence electrons. The number of thioether (sulfide) groups is 2.